The predicted molar refractivity (Wildman–Crippen MR) is 144 cm³/mol. The molecule has 9 nitrogen and oxygen atoms in total. The standard InChI is InChI=1S/C28H22FN3O6S/c1-36-25-14-22-24(13-21(25)17-3-2-4-19(12-17)38-39(29,34)35)32(18-7-9-37-10-8-18)28-26(27(22)33)20-6-5-16(15-30)11-23(20)31-28/h2-6,11-14,18,31H,7-10H2,1H3. The Morgan fingerprint density at radius 1 is 1.10 bits per heavy atom. The average Bonchev–Trinajstić information content (AvgIpc) is 3.31. The lowest BCUT2D eigenvalue weighted by atomic mass is 9.99. The van der Waals surface area contributed by atoms with Gasteiger partial charge in [0.15, 0.2) is 5.43 Å². The second-order valence-corrected chi connectivity index (χ2v) is 10.3. The molecule has 0 spiro atoms. The SMILES string of the molecule is COc1cc2c(=O)c3c4ccc(C#N)cc4[nH]c3n(C3CCOCC3)c2cc1-c1cccc(OS(=O)(=O)F)c1. The molecule has 2 aromatic heterocycles. The third-order valence-electron chi connectivity index (χ3n) is 7.09. The third-order valence-corrected chi connectivity index (χ3v) is 7.49. The molecule has 6 rings (SSSR count). The predicted octanol–water partition coefficient (Wildman–Crippen LogP) is 5.13. The van der Waals surface area contributed by atoms with Crippen LogP contribution in [-0.4, -0.2) is 38.3 Å². The van der Waals surface area contributed by atoms with Crippen LogP contribution in [0.25, 0.3) is 44.0 Å². The highest BCUT2D eigenvalue weighted by Gasteiger charge is 2.25. The fourth-order valence-corrected chi connectivity index (χ4v) is 5.75. The Kier molecular flexibility index (Phi) is 6.01. The lowest BCUT2D eigenvalue weighted by Crippen LogP contribution is -2.22. The van der Waals surface area contributed by atoms with Gasteiger partial charge in [0.1, 0.15) is 17.1 Å². The molecule has 0 radical (unpaired) electrons. The van der Waals surface area contributed by atoms with Crippen molar-refractivity contribution in [2.75, 3.05) is 20.3 Å². The van der Waals surface area contributed by atoms with Crippen molar-refractivity contribution in [3.63, 3.8) is 0 Å². The van der Waals surface area contributed by atoms with E-state index in [0.29, 0.717) is 63.1 Å². The first-order valence-corrected chi connectivity index (χ1v) is 13.5. The van der Waals surface area contributed by atoms with Crippen LogP contribution in [0.1, 0.15) is 24.4 Å². The van der Waals surface area contributed by atoms with Gasteiger partial charge in [-0.2, -0.15) is 13.7 Å². The van der Waals surface area contributed by atoms with Crippen LogP contribution in [0.3, 0.4) is 0 Å². The van der Waals surface area contributed by atoms with Gasteiger partial charge >= 0.3 is 10.5 Å². The number of rotatable bonds is 5. The Hall–Kier alpha value is -4.40. The number of pyridine rings is 1. The Balaban J connectivity index is 1.69. The first-order valence-electron chi connectivity index (χ1n) is 12.2. The maximum absolute atomic E-state index is 14.0. The topological polar surface area (TPSA) is 123 Å². The average molecular weight is 548 g/mol. The number of benzene rings is 3. The van der Waals surface area contributed by atoms with Gasteiger partial charge in [-0.1, -0.05) is 22.1 Å². The number of halogens is 1. The van der Waals surface area contributed by atoms with Gasteiger partial charge in [0.05, 0.1) is 35.0 Å². The summed E-state index contributed by atoms with van der Waals surface area (Å²) in [5.41, 5.74) is 3.33. The maximum Gasteiger partial charge on any atom is 0.488 e. The Morgan fingerprint density at radius 2 is 1.90 bits per heavy atom. The fourth-order valence-electron chi connectivity index (χ4n) is 5.42. The number of H-pyrrole nitrogens is 1. The quantitative estimate of drug-likeness (QED) is 0.303. The van der Waals surface area contributed by atoms with Crippen molar-refractivity contribution in [3.05, 3.63) is 70.4 Å². The van der Waals surface area contributed by atoms with Crippen LogP contribution < -0.4 is 14.3 Å². The smallest absolute Gasteiger partial charge is 0.488 e. The molecule has 3 aromatic carbocycles. The number of aromatic nitrogens is 2. The van der Waals surface area contributed by atoms with Crippen molar-refractivity contribution in [2.24, 2.45) is 0 Å². The zero-order valence-corrected chi connectivity index (χ0v) is 21.5. The molecule has 1 aliphatic heterocycles. The van der Waals surface area contributed by atoms with Crippen LogP contribution in [-0.2, 0) is 15.2 Å². The van der Waals surface area contributed by atoms with Gasteiger partial charge in [-0.25, -0.2) is 0 Å². The Labute approximate surface area is 222 Å². The van der Waals surface area contributed by atoms with Crippen molar-refractivity contribution in [2.45, 2.75) is 18.9 Å². The summed E-state index contributed by atoms with van der Waals surface area (Å²) in [6, 6.07) is 16.8. The zero-order valence-electron chi connectivity index (χ0n) is 20.7. The van der Waals surface area contributed by atoms with E-state index in [0.717, 1.165) is 18.2 Å². The van der Waals surface area contributed by atoms with Gasteiger partial charge < -0.3 is 23.2 Å². The van der Waals surface area contributed by atoms with E-state index in [-0.39, 0.29) is 17.2 Å². The molecule has 3 heterocycles. The van der Waals surface area contributed by atoms with E-state index in [1.165, 1.54) is 19.2 Å². The molecule has 1 N–H and O–H groups in total. The van der Waals surface area contributed by atoms with E-state index in [1.807, 2.05) is 6.07 Å². The molecule has 5 aromatic rings. The lowest BCUT2D eigenvalue weighted by molar-refractivity contribution is 0.0715. The van der Waals surface area contributed by atoms with Crippen LogP contribution in [0.4, 0.5) is 3.89 Å². The first-order chi connectivity index (χ1) is 18.8. The van der Waals surface area contributed by atoms with E-state index in [4.69, 9.17) is 9.47 Å². The summed E-state index contributed by atoms with van der Waals surface area (Å²) in [6.45, 7) is 1.14. The zero-order chi connectivity index (χ0) is 27.3. The van der Waals surface area contributed by atoms with Crippen molar-refractivity contribution in [1.29, 1.82) is 5.26 Å². The summed E-state index contributed by atoms with van der Waals surface area (Å²) in [5, 5.41) is 11.1. The number of ether oxygens (including phenoxy) is 2. The molecule has 0 atom stereocenters. The number of nitrogens with zero attached hydrogens (tertiary/aromatic N) is 2. The second kappa shape index (κ2) is 9.41. The molecular formula is C28H22FN3O6S. The Morgan fingerprint density at radius 3 is 2.62 bits per heavy atom. The molecule has 1 saturated heterocycles. The Bertz CT molecular complexity index is 1980. The molecular weight excluding hydrogens is 525 g/mol. The number of hydrogen-bond acceptors (Lipinski definition) is 7. The minimum Gasteiger partial charge on any atom is -0.496 e. The number of fused-ring (bicyclic) bond motifs is 4. The van der Waals surface area contributed by atoms with Crippen LogP contribution >= 0.6 is 0 Å². The van der Waals surface area contributed by atoms with Gasteiger partial charge in [0, 0.05) is 35.7 Å². The third kappa shape index (κ3) is 4.37. The van der Waals surface area contributed by atoms with Gasteiger partial charge in [0.25, 0.3) is 0 Å². The number of hydrogen-bond donors (Lipinski definition) is 1. The van der Waals surface area contributed by atoms with Gasteiger partial charge in [-0.3, -0.25) is 4.79 Å². The van der Waals surface area contributed by atoms with E-state index in [9.17, 15) is 22.4 Å². The number of nitrogens with one attached hydrogen (secondary N) is 1. The van der Waals surface area contributed by atoms with E-state index < -0.39 is 10.5 Å². The number of aromatic amines is 1. The number of nitriles is 1. The molecule has 11 heteroatoms. The molecule has 0 bridgehead atoms. The van der Waals surface area contributed by atoms with Crippen molar-refractivity contribution >= 4 is 43.3 Å². The molecule has 1 fully saturated rings. The fraction of sp³-hybridized carbons (Fsp3) is 0.214. The summed E-state index contributed by atoms with van der Waals surface area (Å²) in [4.78, 5) is 17.4. The normalized spacial score (nSPS) is 14.6. The number of methoxy groups -OCH3 is 1. The van der Waals surface area contributed by atoms with Crippen molar-refractivity contribution in [3.8, 4) is 28.7 Å². The van der Waals surface area contributed by atoms with E-state index >= 15 is 0 Å². The largest absolute Gasteiger partial charge is 0.496 e. The summed E-state index contributed by atoms with van der Waals surface area (Å²) in [6.07, 6.45) is 1.45. The van der Waals surface area contributed by atoms with E-state index in [1.54, 1.807) is 36.4 Å². The lowest BCUT2D eigenvalue weighted by Gasteiger charge is -2.27. The van der Waals surface area contributed by atoms with Crippen LogP contribution in [0.15, 0.2) is 59.4 Å². The van der Waals surface area contributed by atoms with Crippen molar-refractivity contribution in [1.82, 2.24) is 9.55 Å². The molecule has 0 unspecified atom stereocenters. The first kappa shape index (κ1) is 24.9. The van der Waals surface area contributed by atoms with Crippen LogP contribution in [0, 0.1) is 11.3 Å². The van der Waals surface area contributed by atoms with Crippen LogP contribution in [0.2, 0.25) is 0 Å². The molecule has 39 heavy (non-hydrogen) atoms. The van der Waals surface area contributed by atoms with Crippen molar-refractivity contribution < 1.29 is 26.0 Å². The monoisotopic (exact) mass is 547 g/mol. The summed E-state index contributed by atoms with van der Waals surface area (Å²) >= 11 is 0. The molecule has 0 amide bonds. The molecule has 0 saturated carbocycles. The van der Waals surface area contributed by atoms with E-state index in [2.05, 4.69) is 19.8 Å². The maximum atomic E-state index is 14.0. The minimum absolute atomic E-state index is 0.0143. The highest BCUT2D eigenvalue weighted by Crippen LogP contribution is 2.39. The summed E-state index contributed by atoms with van der Waals surface area (Å²) in [5.74, 6) is 0.183. The molecule has 0 aliphatic carbocycles. The van der Waals surface area contributed by atoms with Gasteiger partial charge in [0.2, 0.25) is 0 Å². The van der Waals surface area contributed by atoms with Gasteiger partial charge in [-0.15, -0.1) is 0 Å². The second-order valence-electron chi connectivity index (χ2n) is 9.34. The highest BCUT2D eigenvalue weighted by molar-refractivity contribution is 7.81. The molecule has 198 valence electrons. The summed E-state index contributed by atoms with van der Waals surface area (Å²) < 4.78 is 53.1. The van der Waals surface area contributed by atoms with Gasteiger partial charge in [-0.05, 0) is 54.8 Å². The summed E-state index contributed by atoms with van der Waals surface area (Å²) in [7, 11) is -3.73. The minimum atomic E-state index is -5.21. The van der Waals surface area contributed by atoms with Crippen LogP contribution in [0.5, 0.6) is 11.5 Å². The molecule has 1 aliphatic rings. The highest BCUT2D eigenvalue weighted by atomic mass is 32.3.